The van der Waals surface area contributed by atoms with Crippen molar-refractivity contribution < 1.29 is 20.1 Å². The topological polar surface area (TPSA) is 77.8 Å². The molecule has 0 radical (unpaired) electrons. The third kappa shape index (κ3) is 2.27. The van der Waals surface area contributed by atoms with Gasteiger partial charge >= 0.3 is 5.97 Å². The first kappa shape index (κ1) is 10.2. The highest BCUT2D eigenvalue weighted by Gasteiger charge is 2.25. The van der Waals surface area contributed by atoms with Crippen LogP contribution in [0, 0.1) is 6.92 Å². The monoisotopic (exact) mass is 202 g/mol. The lowest BCUT2D eigenvalue weighted by Crippen LogP contribution is -2.26. The molecule has 4 nitrogen and oxygen atoms in total. The molecule has 3 N–H and O–H groups in total. The summed E-state index contributed by atoms with van der Waals surface area (Å²) in [7, 11) is 0. The Morgan fingerprint density at radius 3 is 2.46 bits per heavy atom. The Bertz CT molecular complexity index is 307. The van der Waals surface area contributed by atoms with Gasteiger partial charge in [0.25, 0.3) is 0 Å². The number of carbonyl (C=O) groups is 1. The van der Waals surface area contributed by atoms with Crippen LogP contribution in [0.1, 0.15) is 15.9 Å². The molecule has 0 aromatic carbocycles. The Morgan fingerprint density at radius 1 is 1.46 bits per heavy atom. The van der Waals surface area contributed by atoms with Gasteiger partial charge in [-0.05, 0) is 19.1 Å². The van der Waals surface area contributed by atoms with Gasteiger partial charge in [-0.25, -0.2) is 4.79 Å². The van der Waals surface area contributed by atoms with Gasteiger partial charge in [-0.2, -0.15) is 0 Å². The van der Waals surface area contributed by atoms with Crippen LogP contribution in [0.4, 0.5) is 0 Å². The Balaban J connectivity index is 2.78. The molecule has 0 fully saturated rings. The van der Waals surface area contributed by atoms with Crippen LogP contribution in [0.25, 0.3) is 0 Å². The van der Waals surface area contributed by atoms with Crippen molar-refractivity contribution in [3.05, 3.63) is 21.9 Å². The zero-order chi connectivity index (χ0) is 10.0. The number of aliphatic hydroxyl groups excluding tert-OH is 2. The highest BCUT2D eigenvalue weighted by molar-refractivity contribution is 7.12. The zero-order valence-corrected chi connectivity index (χ0v) is 7.78. The molecule has 1 aromatic rings. The summed E-state index contributed by atoms with van der Waals surface area (Å²) < 4.78 is 0. The summed E-state index contributed by atoms with van der Waals surface area (Å²) >= 11 is 1.27. The summed E-state index contributed by atoms with van der Waals surface area (Å²) in [5.41, 5.74) is 0. The van der Waals surface area contributed by atoms with Gasteiger partial charge in [-0.1, -0.05) is 0 Å². The number of aliphatic carboxylic acids is 1. The van der Waals surface area contributed by atoms with Crippen molar-refractivity contribution in [2.24, 2.45) is 0 Å². The number of hydrogen-bond acceptors (Lipinski definition) is 4. The van der Waals surface area contributed by atoms with Gasteiger partial charge in [0.05, 0.1) is 0 Å². The number of aliphatic hydroxyl groups is 2. The summed E-state index contributed by atoms with van der Waals surface area (Å²) in [6.45, 7) is 1.84. The largest absolute Gasteiger partial charge is 0.479 e. The molecular formula is C8H10O4S. The van der Waals surface area contributed by atoms with Crippen molar-refractivity contribution in [3.8, 4) is 0 Å². The van der Waals surface area contributed by atoms with Gasteiger partial charge in [0.15, 0.2) is 6.10 Å². The molecule has 1 heterocycles. The maximum Gasteiger partial charge on any atom is 0.335 e. The van der Waals surface area contributed by atoms with Crippen LogP contribution >= 0.6 is 11.3 Å². The van der Waals surface area contributed by atoms with Crippen LogP contribution in [-0.2, 0) is 4.79 Å². The summed E-state index contributed by atoms with van der Waals surface area (Å²) in [6, 6.07) is 3.37. The van der Waals surface area contributed by atoms with Crippen molar-refractivity contribution in [2.75, 3.05) is 0 Å². The van der Waals surface area contributed by atoms with Crippen molar-refractivity contribution in [3.63, 3.8) is 0 Å². The summed E-state index contributed by atoms with van der Waals surface area (Å²) in [5.74, 6) is -1.42. The zero-order valence-electron chi connectivity index (χ0n) is 6.97. The van der Waals surface area contributed by atoms with E-state index < -0.39 is 18.2 Å². The number of carboxylic acid groups (broad SMARTS) is 1. The predicted octanol–water partition coefficient (Wildman–Crippen LogP) is 0.535. The van der Waals surface area contributed by atoms with E-state index in [1.165, 1.54) is 11.3 Å². The average molecular weight is 202 g/mol. The molecule has 0 saturated carbocycles. The van der Waals surface area contributed by atoms with E-state index in [9.17, 15) is 9.90 Å². The Hall–Kier alpha value is -0.910. The normalized spacial score (nSPS) is 15.3. The van der Waals surface area contributed by atoms with Gasteiger partial charge in [-0.15, -0.1) is 11.3 Å². The lowest BCUT2D eigenvalue weighted by molar-refractivity contribution is -0.152. The van der Waals surface area contributed by atoms with E-state index in [2.05, 4.69) is 0 Å². The maximum atomic E-state index is 10.3. The molecule has 0 aliphatic heterocycles. The van der Waals surface area contributed by atoms with E-state index in [1.54, 1.807) is 12.1 Å². The van der Waals surface area contributed by atoms with E-state index >= 15 is 0 Å². The molecule has 72 valence electrons. The molecule has 0 amide bonds. The van der Waals surface area contributed by atoms with Crippen molar-refractivity contribution >= 4 is 17.3 Å². The molecule has 5 heteroatoms. The highest BCUT2D eigenvalue weighted by Crippen LogP contribution is 2.24. The minimum atomic E-state index is -1.75. The van der Waals surface area contributed by atoms with Crippen molar-refractivity contribution in [1.82, 2.24) is 0 Å². The number of carboxylic acids is 1. The van der Waals surface area contributed by atoms with Crippen LogP contribution in [-0.4, -0.2) is 27.4 Å². The van der Waals surface area contributed by atoms with E-state index in [0.717, 1.165) is 4.88 Å². The lowest BCUT2D eigenvalue weighted by Gasteiger charge is -2.11. The SMILES string of the molecule is Cc1ccc(C(O)C(O)C(=O)O)s1. The summed E-state index contributed by atoms with van der Waals surface area (Å²) in [4.78, 5) is 11.7. The van der Waals surface area contributed by atoms with Crippen LogP contribution in [0.2, 0.25) is 0 Å². The second kappa shape index (κ2) is 3.87. The van der Waals surface area contributed by atoms with E-state index in [-0.39, 0.29) is 0 Å². The van der Waals surface area contributed by atoms with E-state index in [4.69, 9.17) is 10.2 Å². The molecular weight excluding hydrogens is 192 g/mol. The fraction of sp³-hybridized carbons (Fsp3) is 0.375. The smallest absolute Gasteiger partial charge is 0.335 e. The Kier molecular flexibility index (Phi) is 3.02. The van der Waals surface area contributed by atoms with Crippen molar-refractivity contribution in [2.45, 2.75) is 19.1 Å². The van der Waals surface area contributed by atoms with Crippen LogP contribution in [0.15, 0.2) is 12.1 Å². The molecule has 1 aromatic heterocycles. The number of rotatable bonds is 3. The Labute approximate surface area is 79.1 Å². The van der Waals surface area contributed by atoms with Crippen molar-refractivity contribution in [1.29, 1.82) is 0 Å². The van der Waals surface area contributed by atoms with Crippen LogP contribution < -0.4 is 0 Å². The first-order valence-electron chi connectivity index (χ1n) is 3.67. The molecule has 0 saturated heterocycles. The molecule has 0 bridgehead atoms. The average Bonchev–Trinajstić information content (AvgIpc) is 2.49. The van der Waals surface area contributed by atoms with Gasteiger partial charge in [0.2, 0.25) is 0 Å². The number of thiophene rings is 1. The predicted molar refractivity (Wildman–Crippen MR) is 47.7 cm³/mol. The molecule has 2 atom stereocenters. The molecule has 0 aliphatic carbocycles. The molecule has 1 rings (SSSR count). The maximum absolute atomic E-state index is 10.3. The molecule has 13 heavy (non-hydrogen) atoms. The first-order valence-corrected chi connectivity index (χ1v) is 4.49. The molecule has 2 unspecified atom stereocenters. The molecule has 0 spiro atoms. The fourth-order valence-electron chi connectivity index (χ4n) is 0.903. The minimum Gasteiger partial charge on any atom is -0.479 e. The third-order valence-corrected chi connectivity index (χ3v) is 2.68. The minimum absolute atomic E-state index is 0.465. The highest BCUT2D eigenvalue weighted by atomic mass is 32.1. The Morgan fingerprint density at radius 2 is 2.08 bits per heavy atom. The first-order chi connectivity index (χ1) is 6.02. The number of aryl methyl sites for hydroxylation is 1. The lowest BCUT2D eigenvalue weighted by atomic mass is 10.2. The number of hydrogen-bond donors (Lipinski definition) is 3. The quantitative estimate of drug-likeness (QED) is 0.668. The fourth-order valence-corrected chi connectivity index (χ4v) is 1.80. The summed E-state index contributed by atoms with van der Waals surface area (Å²) in [6.07, 6.45) is -3.09. The van der Waals surface area contributed by atoms with Gasteiger partial charge in [-0.3, -0.25) is 0 Å². The standard InChI is InChI=1S/C8H10O4S/c1-4-2-3-5(13-4)6(9)7(10)8(11)12/h2-3,6-7,9-10H,1H3,(H,11,12). The van der Waals surface area contributed by atoms with Crippen LogP contribution in [0.3, 0.4) is 0 Å². The van der Waals surface area contributed by atoms with Gasteiger partial charge < -0.3 is 15.3 Å². The second-order valence-electron chi connectivity index (χ2n) is 2.68. The van der Waals surface area contributed by atoms with Gasteiger partial charge in [0.1, 0.15) is 6.10 Å². The third-order valence-electron chi connectivity index (χ3n) is 1.60. The van der Waals surface area contributed by atoms with E-state index in [1.807, 2.05) is 6.92 Å². The van der Waals surface area contributed by atoms with E-state index in [0.29, 0.717) is 4.88 Å². The summed E-state index contributed by atoms with van der Waals surface area (Å²) in [5, 5.41) is 26.8. The van der Waals surface area contributed by atoms with Crippen LogP contribution in [0.5, 0.6) is 0 Å². The second-order valence-corrected chi connectivity index (χ2v) is 4.00. The van der Waals surface area contributed by atoms with Gasteiger partial charge in [0, 0.05) is 9.75 Å². The molecule has 0 aliphatic rings.